The third-order valence-corrected chi connectivity index (χ3v) is 3.24. The monoisotopic (exact) mass is 327 g/mol. The molecule has 2 rings (SSSR count). The zero-order valence-corrected chi connectivity index (χ0v) is 11.0. The fourth-order valence-corrected chi connectivity index (χ4v) is 2.28. The van der Waals surface area contributed by atoms with Gasteiger partial charge in [0.05, 0.1) is 0 Å². The van der Waals surface area contributed by atoms with Crippen LogP contribution in [0.5, 0.6) is 0 Å². The Labute approximate surface area is 115 Å². The Morgan fingerprint density at radius 3 is 2.57 bits per heavy atom. The largest absolute Gasteiger partial charge is 0.472 e. The predicted octanol–water partition coefficient (Wildman–Crippen LogP) is -2.52. The Morgan fingerprint density at radius 1 is 1.48 bits per heavy atom. The number of phosphoric ester groups is 1. The topological polar surface area (TPSA) is 205 Å². The van der Waals surface area contributed by atoms with Gasteiger partial charge in [0.1, 0.15) is 12.2 Å². The fraction of sp³-hybridized carbons (Fsp3) is 0.571. The molecule has 1 fully saturated rings. The summed E-state index contributed by atoms with van der Waals surface area (Å²) in [5.74, 6) is -0.979. The van der Waals surface area contributed by atoms with Crippen molar-refractivity contribution >= 4 is 19.5 Å². The Hall–Kier alpha value is -1.60. The lowest BCUT2D eigenvalue weighted by molar-refractivity contribution is -0.754. The maximum atomic E-state index is 10.7. The van der Waals surface area contributed by atoms with Crippen LogP contribution in [0, 0.1) is 10.1 Å². The molecule has 0 aliphatic carbocycles. The van der Waals surface area contributed by atoms with Crippen LogP contribution in [0.15, 0.2) is 6.33 Å². The summed E-state index contributed by atoms with van der Waals surface area (Å²) in [6.07, 6.45) is -5.71. The highest BCUT2D eigenvalue weighted by Gasteiger charge is 2.49. The molecule has 13 nitrogen and oxygen atoms in total. The molecule has 118 valence electrons. The van der Waals surface area contributed by atoms with Crippen LogP contribution < -0.4 is 10.3 Å². The van der Waals surface area contributed by atoms with Gasteiger partial charge in [-0.3, -0.25) is 4.52 Å². The molecule has 7 N–H and O–H groups in total. The number of imidazole rings is 1. The highest BCUT2D eigenvalue weighted by atomic mass is 31.2. The molecular weight excluding hydrogens is 315 g/mol. The smallest absolute Gasteiger partial charge is 0.385 e. The van der Waals surface area contributed by atoms with Crippen molar-refractivity contribution in [3.8, 4) is 0 Å². The van der Waals surface area contributed by atoms with E-state index in [2.05, 4.69) is 9.51 Å². The summed E-state index contributed by atoms with van der Waals surface area (Å²) in [6.45, 7) is 0. The van der Waals surface area contributed by atoms with Crippen molar-refractivity contribution in [2.24, 2.45) is 0 Å². The number of phosphoric acid groups is 1. The number of rotatable bonds is 4. The highest BCUT2D eigenvalue weighted by molar-refractivity contribution is 7.46. The molecule has 2 heterocycles. The molecule has 1 saturated heterocycles. The summed E-state index contributed by atoms with van der Waals surface area (Å²) in [6, 6.07) is 0. The minimum atomic E-state index is -4.97. The van der Waals surface area contributed by atoms with Gasteiger partial charge in [0.25, 0.3) is 0 Å². The van der Waals surface area contributed by atoms with Crippen LogP contribution in [0.4, 0.5) is 11.6 Å². The van der Waals surface area contributed by atoms with E-state index < -0.39 is 49.1 Å². The predicted molar refractivity (Wildman–Crippen MR) is 61.1 cm³/mol. The molecule has 1 aromatic rings. The lowest BCUT2D eigenvalue weighted by Crippen LogP contribution is -2.46. The molecule has 21 heavy (non-hydrogen) atoms. The summed E-state index contributed by atoms with van der Waals surface area (Å²) in [5, 5.41) is 30.0. The Kier molecular flexibility index (Phi) is 3.99. The SMILES string of the molecule is Nc1c([N+](=O)[O-])[nH]c[n+]1[C@@H]1O[C@H](OP(=O)(O)O)[C@@H](O)[C@H]1O. The second-order valence-electron chi connectivity index (χ2n) is 4.14. The van der Waals surface area contributed by atoms with E-state index in [9.17, 15) is 24.9 Å². The number of aliphatic hydroxyl groups excluding tert-OH is 2. The van der Waals surface area contributed by atoms with Crippen LogP contribution in [0.1, 0.15) is 6.23 Å². The van der Waals surface area contributed by atoms with Gasteiger partial charge in [0.15, 0.2) is 6.33 Å². The highest BCUT2D eigenvalue weighted by Crippen LogP contribution is 2.42. The van der Waals surface area contributed by atoms with E-state index in [0.717, 1.165) is 10.9 Å². The summed E-state index contributed by atoms with van der Waals surface area (Å²) in [7, 11) is -4.97. The van der Waals surface area contributed by atoms with Gasteiger partial charge in [-0.2, -0.15) is 0 Å². The Balaban J connectivity index is 2.26. The first-order valence-electron chi connectivity index (χ1n) is 5.39. The van der Waals surface area contributed by atoms with Crippen LogP contribution in [0.3, 0.4) is 0 Å². The number of nitrogens with two attached hydrogens (primary N) is 1. The zero-order valence-electron chi connectivity index (χ0n) is 10.1. The van der Waals surface area contributed by atoms with E-state index in [1.165, 1.54) is 0 Å². The van der Waals surface area contributed by atoms with Gasteiger partial charge in [-0.05, 0) is 4.92 Å². The molecule has 0 amide bonds. The standard InChI is InChI=1S/C7H11N4O9P/c8-4-5(11(14)15)9-1-10(4)6-2(12)3(13)7(19-6)20-21(16,17)18/h1-3,6-7,12-13H,8H2,(H2,16,17,18)/p+1/t2-,3+,6-,7-/m1/s1. The maximum absolute atomic E-state index is 10.7. The van der Waals surface area contributed by atoms with E-state index in [1.54, 1.807) is 0 Å². The number of ether oxygens (including phenoxy) is 1. The van der Waals surface area contributed by atoms with Crippen molar-refractivity contribution in [3.05, 3.63) is 16.4 Å². The number of nitrogens with one attached hydrogen (secondary N) is 1. The number of nitro groups is 1. The molecule has 0 radical (unpaired) electrons. The van der Waals surface area contributed by atoms with Crippen LogP contribution >= 0.6 is 7.82 Å². The van der Waals surface area contributed by atoms with Crippen LogP contribution in [-0.2, 0) is 13.8 Å². The first kappa shape index (κ1) is 15.8. The van der Waals surface area contributed by atoms with E-state index in [4.69, 9.17) is 20.3 Å². The number of hydrogen-bond acceptors (Lipinski definition) is 8. The minimum absolute atomic E-state index is 0.409. The molecular formula is C7H12N4O9P+. The van der Waals surface area contributed by atoms with Gasteiger partial charge in [0.2, 0.25) is 12.5 Å². The normalized spacial score (nSPS) is 29.7. The third kappa shape index (κ3) is 3.03. The van der Waals surface area contributed by atoms with Crippen molar-refractivity contribution in [3.63, 3.8) is 0 Å². The minimum Gasteiger partial charge on any atom is -0.385 e. The molecule has 0 saturated carbocycles. The third-order valence-electron chi connectivity index (χ3n) is 2.75. The van der Waals surface area contributed by atoms with E-state index in [1.807, 2.05) is 0 Å². The number of aliphatic hydroxyl groups is 2. The maximum Gasteiger partial charge on any atom is 0.472 e. The van der Waals surface area contributed by atoms with Crippen molar-refractivity contribution in [2.45, 2.75) is 24.7 Å². The number of anilines is 1. The number of aromatic amines is 1. The van der Waals surface area contributed by atoms with Crippen LogP contribution in [-0.4, -0.2) is 48.4 Å². The van der Waals surface area contributed by atoms with Crippen molar-refractivity contribution in [1.29, 1.82) is 0 Å². The summed E-state index contributed by atoms with van der Waals surface area (Å²) >= 11 is 0. The molecule has 1 aliphatic heterocycles. The second kappa shape index (κ2) is 5.31. The quantitative estimate of drug-likeness (QED) is 0.148. The summed E-state index contributed by atoms with van der Waals surface area (Å²) in [5.41, 5.74) is 5.49. The molecule has 4 atom stereocenters. The number of hydrogen-bond donors (Lipinski definition) is 6. The van der Waals surface area contributed by atoms with Gasteiger partial charge in [-0.15, -0.1) is 0 Å². The van der Waals surface area contributed by atoms with Crippen LogP contribution in [0.2, 0.25) is 0 Å². The van der Waals surface area contributed by atoms with Gasteiger partial charge in [-0.25, -0.2) is 14.1 Å². The van der Waals surface area contributed by atoms with E-state index in [-0.39, 0.29) is 0 Å². The number of aromatic nitrogens is 2. The second-order valence-corrected chi connectivity index (χ2v) is 5.34. The number of nitrogen functional groups attached to an aromatic ring is 1. The number of nitrogens with zero attached hydrogens (tertiary/aromatic N) is 2. The van der Waals surface area contributed by atoms with Crippen molar-refractivity contribution < 1.29 is 43.3 Å². The van der Waals surface area contributed by atoms with Crippen LogP contribution in [0.25, 0.3) is 0 Å². The Bertz CT molecular complexity index is 599. The zero-order chi connectivity index (χ0) is 15.9. The van der Waals surface area contributed by atoms with Gasteiger partial charge >= 0.3 is 19.5 Å². The summed E-state index contributed by atoms with van der Waals surface area (Å²) < 4.78 is 20.7. The molecule has 1 aromatic heterocycles. The summed E-state index contributed by atoms with van der Waals surface area (Å²) in [4.78, 5) is 29.4. The van der Waals surface area contributed by atoms with Gasteiger partial charge < -0.3 is 40.6 Å². The first-order valence-corrected chi connectivity index (χ1v) is 6.93. The average Bonchev–Trinajstić information content (AvgIpc) is 2.83. The lowest BCUT2D eigenvalue weighted by Gasteiger charge is -2.14. The molecule has 0 aromatic carbocycles. The van der Waals surface area contributed by atoms with E-state index >= 15 is 0 Å². The first-order chi connectivity index (χ1) is 9.61. The van der Waals surface area contributed by atoms with Gasteiger partial charge in [0, 0.05) is 0 Å². The van der Waals surface area contributed by atoms with Gasteiger partial charge in [-0.1, -0.05) is 0 Å². The van der Waals surface area contributed by atoms with Crippen molar-refractivity contribution in [2.75, 3.05) is 5.73 Å². The number of H-pyrrole nitrogens is 1. The average molecular weight is 327 g/mol. The fourth-order valence-electron chi connectivity index (χ4n) is 1.83. The lowest BCUT2D eigenvalue weighted by atomic mass is 10.2. The van der Waals surface area contributed by atoms with E-state index in [0.29, 0.717) is 0 Å². The molecule has 0 bridgehead atoms. The molecule has 1 aliphatic rings. The van der Waals surface area contributed by atoms with Crippen molar-refractivity contribution in [1.82, 2.24) is 4.98 Å². The molecule has 0 unspecified atom stereocenters. The molecule has 0 spiro atoms. The molecule has 14 heteroatoms. The Morgan fingerprint density at radius 2 is 2.10 bits per heavy atom.